The van der Waals surface area contributed by atoms with Crippen LogP contribution in [0.5, 0.6) is 5.75 Å². The summed E-state index contributed by atoms with van der Waals surface area (Å²) in [6, 6.07) is 18.4. The van der Waals surface area contributed by atoms with Gasteiger partial charge in [-0.2, -0.15) is 5.10 Å². The van der Waals surface area contributed by atoms with Crippen molar-refractivity contribution >= 4 is 5.91 Å². The fourth-order valence-electron chi connectivity index (χ4n) is 4.14. The Kier molecular flexibility index (Phi) is 6.99. The number of nitrogens with one attached hydrogen (secondary N) is 1. The number of carbonyl (C=O) groups is 1. The van der Waals surface area contributed by atoms with E-state index < -0.39 is 0 Å². The maximum Gasteiger partial charge on any atom is 0.254 e. The van der Waals surface area contributed by atoms with E-state index in [4.69, 9.17) is 4.74 Å². The van der Waals surface area contributed by atoms with Gasteiger partial charge in [0.05, 0.1) is 31.5 Å². The van der Waals surface area contributed by atoms with Crippen molar-refractivity contribution in [2.45, 2.75) is 31.8 Å². The molecule has 6 heteroatoms. The molecule has 162 valence electrons. The van der Waals surface area contributed by atoms with Crippen LogP contribution in [0.3, 0.4) is 0 Å². The fourth-order valence-corrected chi connectivity index (χ4v) is 4.14. The fraction of sp³-hybridized carbons (Fsp3) is 0.360. The molecule has 1 N–H and O–H groups in total. The summed E-state index contributed by atoms with van der Waals surface area (Å²) in [7, 11) is 1.68. The van der Waals surface area contributed by atoms with Gasteiger partial charge in [0.25, 0.3) is 5.91 Å². The zero-order valence-electron chi connectivity index (χ0n) is 18.0. The number of rotatable bonds is 8. The largest absolute Gasteiger partial charge is 0.497 e. The molecule has 0 bridgehead atoms. The average Bonchev–Trinajstić information content (AvgIpc) is 3.29. The zero-order valence-corrected chi connectivity index (χ0v) is 18.0. The van der Waals surface area contributed by atoms with Gasteiger partial charge in [-0.25, -0.2) is 0 Å². The third-order valence-electron chi connectivity index (χ3n) is 5.87. The Morgan fingerprint density at radius 3 is 2.52 bits per heavy atom. The van der Waals surface area contributed by atoms with E-state index in [0.717, 1.165) is 24.4 Å². The normalized spacial score (nSPS) is 15.4. The van der Waals surface area contributed by atoms with E-state index in [2.05, 4.69) is 39.6 Å². The van der Waals surface area contributed by atoms with Gasteiger partial charge in [0, 0.05) is 12.7 Å². The van der Waals surface area contributed by atoms with Crippen molar-refractivity contribution in [2.75, 3.05) is 26.7 Å². The first-order chi connectivity index (χ1) is 15.2. The maximum atomic E-state index is 12.8. The van der Waals surface area contributed by atoms with Crippen molar-refractivity contribution in [2.24, 2.45) is 0 Å². The van der Waals surface area contributed by atoms with Gasteiger partial charge in [0.15, 0.2) is 0 Å². The highest BCUT2D eigenvalue weighted by Crippen LogP contribution is 2.26. The predicted molar refractivity (Wildman–Crippen MR) is 121 cm³/mol. The lowest BCUT2D eigenvalue weighted by molar-refractivity contribution is 0.0924. The van der Waals surface area contributed by atoms with Crippen LogP contribution in [-0.4, -0.2) is 47.3 Å². The molecular formula is C25H30N4O2. The molecular weight excluding hydrogens is 388 g/mol. The van der Waals surface area contributed by atoms with E-state index >= 15 is 0 Å². The summed E-state index contributed by atoms with van der Waals surface area (Å²) in [5.74, 6) is 0.755. The highest BCUT2D eigenvalue weighted by atomic mass is 16.5. The van der Waals surface area contributed by atoms with Crippen molar-refractivity contribution in [1.29, 1.82) is 0 Å². The van der Waals surface area contributed by atoms with Gasteiger partial charge in [-0.3, -0.25) is 14.4 Å². The monoisotopic (exact) mass is 418 g/mol. The van der Waals surface area contributed by atoms with Gasteiger partial charge in [0.2, 0.25) is 0 Å². The maximum absolute atomic E-state index is 12.8. The van der Waals surface area contributed by atoms with Crippen LogP contribution in [0.15, 0.2) is 67.0 Å². The second-order valence-electron chi connectivity index (χ2n) is 8.01. The molecule has 4 rings (SSSR count). The van der Waals surface area contributed by atoms with Crippen LogP contribution in [0.2, 0.25) is 0 Å². The number of amides is 1. The van der Waals surface area contributed by atoms with Crippen molar-refractivity contribution in [3.05, 3.63) is 83.7 Å². The van der Waals surface area contributed by atoms with E-state index in [1.807, 2.05) is 36.5 Å². The molecule has 0 unspecified atom stereocenters. The minimum absolute atomic E-state index is 0.0881. The SMILES string of the molecule is COc1ccc([C@H](CNC(=O)c2cnn(Cc3ccccc3)c2)N2CCCCC2)cc1. The first kappa shape index (κ1) is 21.1. The number of methoxy groups -OCH3 is 1. The van der Waals surface area contributed by atoms with Crippen LogP contribution in [0.1, 0.15) is 46.8 Å². The summed E-state index contributed by atoms with van der Waals surface area (Å²) >= 11 is 0. The van der Waals surface area contributed by atoms with Crippen molar-refractivity contribution in [3.63, 3.8) is 0 Å². The molecule has 1 fully saturated rings. The summed E-state index contributed by atoms with van der Waals surface area (Å²) in [5, 5.41) is 7.49. The molecule has 1 saturated heterocycles. The molecule has 0 spiro atoms. The summed E-state index contributed by atoms with van der Waals surface area (Å²) in [5.41, 5.74) is 2.94. The first-order valence-corrected chi connectivity index (χ1v) is 11.0. The Morgan fingerprint density at radius 2 is 1.81 bits per heavy atom. The van der Waals surface area contributed by atoms with Gasteiger partial charge in [-0.1, -0.05) is 48.9 Å². The second-order valence-corrected chi connectivity index (χ2v) is 8.01. The quantitative estimate of drug-likeness (QED) is 0.603. The average molecular weight is 419 g/mol. The molecule has 0 saturated carbocycles. The standard InChI is InChI=1S/C25H30N4O2/c1-31-23-12-10-21(11-13-23)24(28-14-6-3-7-15-28)17-26-25(30)22-16-27-29(19-22)18-20-8-4-2-5-9-20/h2,4-5,8-13,16,19,24H,3,6-7,14-15,17-18H2,1H3,(H,26,30)/t24-/m0/s1. The number of carbonyl (C=O) groups excluding carboxylic acids is 1. The number of piperidine rings is 1. The first-order valence-electron chi connectivity index (χ1n) is 11.0. The van der Waals surface area contributed by atoms with Crippen LogP contribution >= 0.6 is 0 Å². The van der Waals surface area contributed by atoms with Gasteiger partial charge in [-0.05, 0) is 49.2 Å². The van der Waals surface area contributed by atoms with Gasteiger partial charge >= 0.3 is 0 Å². The second kappa shape index (κ2) is 10.3. The molecule has 1 amide bonds. The number of hydrogen-bond donors (Lipinski definition) is 1. The Balaban J connectivity index is 1.42. The molecule has 0 radical (unpaired) electrons. The zero-order chi connectivity index (χ0) is 21.5. The Bertz CT molecular complexity index is 963. The molecule has 3 aromatic rings. The lowest BCUT2D eigenvalue weighted by Crippen LogP contribution is -2.40. The summed E-state index contributed by atoms with van der Waals surface area (Å²) in [4.78, 5) is 15.3. The Hall–Kier alpha value is -3.12. The molecule has 1 atom stereocenters. The lowest BCUT2D eigenvalue weighted by atomic mass is 10.0. The minimum Gasteiger partial charge on any atom is -0.497 e. The van der Waals surface area contributed by atoms with E-state index in [0.29, 0.717) is 18.7 Å². The smallest absolute Gasteiger partial charge is 0.254 e. The Morgan fingerprint density at radius 1 is 1.06 bits per heavy atom. The molecule has 6 nitrogen and oxygen atoms in total. The van der Waals surface area contributed by atoms with Gasteiger partial charge in [-0.15, -0.1) is 0 Å². The lowest BCUT2D eigenvalue weighted by Gasteiger charge is -2.35. The molecule has 1 aliphatic heterocycles. The molecule has 0 aliphatic carbocycles. The molecule has 2 heterocycles. The van der Waals surface area contributed by atoms with Gasteiger partial charge < -0.3 is 10.1 Å². The van der Waals surface area contributed by atoms with Crippen LogP contribution < -0.4 is 10.1 Å². The number of likely N-dealkylation sites (tertiary alicyclic amines) is 1. The molecule has 2 aromatic carbocycles. The van der Waals surface area contributed by atoms with E-state index in [-0.39, 0.29) is 11.9 Å². The summed E-state index contributed by atoms with van der Waals surface area (Å²) < 4.78 is 7.10. The van der Waals surface area contributed by atoms with Crippen LogP contribution in [0.4, 0.5) is 0 Å². The third kappa shape index (κ3) is 5.52. The van der Waals surface area contributed by atoms with Gasteiger partial charge in [0.1, 0.15) is 5.75 Å². The summed E-state index contributed by atoms with van der Waals surface area (Å²) in [6.07, 6.45) is 7.13. The van der Waals surface area contributed by atoms with Crippen LogP contribution in [0, 0.1) is 0 Å². The van der Waals surface area contributed by atoms with E-state index in [1.165, 1.54) is 24.8 Å². The predicted octanol–water partition coefficient (Wildman–Crippen LogP) is 3.90. The van der Waals surface area contributed by atoms with E-state index in [1.54, 1.807) is 18.0 Å². The number of hydrogen-bond acceptors (Lipinski definition) is 4. The van der Waals surface area contributed by atoms with Crippen molar-refractivity contribution < 1.29 is 9.53 Å². The third-order valence-corrected chi connectivity index (χ3v) is 5.87. The number of benzene rings is 2. The number of ether oxygens (including phenoxy) is 1. The topological polar surface area (TPSA) is 59.4 Å². The molecule has 1 aliphatic rings. The minimum atomic E-state index is -0.0881. The van der Waals surface area contributed by atoms with Crippen molar-refractivity contribution in [1.82, 2.24) is 20.0 Å². The van der Waals surface area contributed by atoms with Crippen molar-refractivity contribution in [3.8, 4) is 5.75 Å². The Labute approximate surface area is 183 Å². The molecule has 31 heavy (non-hydrogen) atoms. The summed E-state index contributed by atoms with van der Waals surface area (Å²) in [6.45, 7) is 3.33. The number of aromatic nitrogens is 2. The number of nitrogens with zero attached hydrogens (tertiary/aromatic N) is 3. The highest BCUT2D eigenvalue weighted by Gasteiger charge is 2.23. The van der Waals surface area contributed by atoms with E-state index in [9.17, 15) is 4.79 Å². The van der Waals surface area contributed by atoms with Crippen LogP contribution in [-0.2, 0) is 6.54 Å². The highest BCUT2D eigenvalue weighted by molar-refractivity contribution is 5.93. The van der Waals surface area contributed by atoms with Crippen LogP contribution in [0.25, 0.3) is 0 Å². The molecule has 1 aromatic heterocycles.